The number of rotatable bonds is 8. The molecule has 1 N–H and O–H groups in total. The van der Waals surface area contributed by atoms with Crippen LogP contribution in [0, 0.1) is 11.8 Å². The van der Waals surface area contributed by atoms with Crippen LogP contribution in [0.2, 0.25) is 0 Å². The van der Waals surface area contributed by atoms with E-state index in [1.165, 1.54) is 0 Å². The molecule has 0 fully saturated rings. The van der Waals surface area contributed by atoms with E-state index in [9.17, 15) is 4.21 Å². The Morgan fingerprint density at radius 3 is 2.13 bits per heavy atom. The zero-order valence-corrected chi connectivity index (χ0v) is 11.7. The van der Waals surface area contributed by atoms with Crippen LogP contribution in [0.3, 0.4) is 0 Å². The van der Waals surface area contributed by atoms with Gasteiger partial charge in [0.25, 0.3) is 0 Å². The summed E-state index contributed by atoms with van der Waals surface area (Å²) in [6.45, 7) is 11.8. The van der Waals surface area contributed by atoms with Crippen LogP contribution in [-0.2, 0) is 10.8 Å². The third kappa shape index (κ3) is 7.97. The molecule has 2 nitrogen and oxygen atoms in total. The molecule has 92 valence electrons. The molecular formula is C12H27NOS. The molecule has 0 rings (SSSR count). The highest BCUT2D eigenvalue weighted by molar-refractivity contribution is 7.85. The normalized spacial score (nSPS) is 15.9. The maximum absolute atomic E-state index is 11.8. The van der Waals surface area contributed by atoms with E-state index in [0.717, 1.165) is 24.5 Å². The van der Waals surface area contributed by atoms with Gasteiger partial charge < -0.3 is 5.32 Å². The van der Waals surface area contributed by atoms with Crippen molar-refractivity contribution in [3.8, 4) is 0 Å². The number of nitrogens with one attached hydrogen (secondary N) is 1. The average molecular weight is 233 g/mol. The molecule has 2 atom stereocenters. The van der Waals surface area contributed by atoms with Gasteiger partial charge in [-0.3, -0.25) is 4.21 Å². The molecule has 0 amide bonds. The second-order valence-corrected chi connectivity index (χ2v) is 6.52. The van der Waals surface area contributed by atoms with Gasteiger partial charge in [0.05, 0.1) is 0 Å². The van der Waals surface area contributed by atoms with Gasteiger partial charge in [-0.25, -0.2) is 0 Å². The van der Waals surface area contributed by atoms with Gasteiger partial charge in [-0.15, -0.1) is 0 Å². The Balaban J connectivity index is 3.98. The van der Waals surface area contributed by atoms with E-state index in [-0.39, 0.29) is 0 Å². The van der Waals surface area contributed by atoms with E-state index >= 15 is 0 Å². The van der Waals surface area contributed by atoms with Crippen LogP contribution in [0.15, 0.2) is 0 Å². The second kappa shape index (κ2) is 8.28. The maximum atomic E-state index is 11.8. The summed E-state index contributed by atoms with van der Waals surface area (Å²) in [4.78, 5) is 0. The quantitative estimate of drug-likeness (QED) is 0.697. The Labute approximate surface area is 97.7 Å². The van der Waals surface area contributed by atoms with Crippen molar-refractivity contribution in [1.82, 2.24) is 5.32 Å². The number of hydrogen-bond acceptors (Lipinski definition) is 2. The summed E-state index contributed by atoms with van der Waals surface area (Å²) in [7, 11) is -0.667. The molecule has 0 aliphatic rings. The van der Waals surface area contributed by atoms with Crippen LogP contribution in [0.1, 0.15) is 41.0 Å². The van der Waals surface area contributed by atoms with Crippen molar-refractivity contribution < 1.29 is 4.21 Å². The lowest BCUT2D eigenvalue weighted by molar-refractivity contribution is 0.430. The lowest BCUT2D eigenvalue weighted by Gasteiger charge is -2.22. The predicted molar refractivity (Wildman–Crippen MR) is 69.6 cm³/mol. The fraction of sp³-hybridized carbons (Fsp3) is 1.00. The molecule has 0 aromatic carbocycles. The van der Waals surface area contributed by atoms with Gasteiger partial charge in [0.1, 0.15) is 0 Å². The highest BCUT2D eigenvalue weighted by Gasteiger charge is 2.16. The molecule has 3 heteroatoms. The Bertz CT molecular complexity index is 180. The van der Waals surface area contributed by atoms with Crippen molar-refractivity contribution in [3.05, 3.63) is 0 Å². The van der Waals surface area contributed by atoms with E-state index in [1.807, 2.05) is 0 Å². The van der Waals surface area contributed by atoms with E-state index < -0.39 is 10.8 Å². The summed E-state index contributed by atoms with van der Waals surface area (Å²) in [6, 6.07) is 0.407. The molecule has 0 aromatic heterocycles. The first-order valence-corrected chi connectivity index (χ1v) is 7.54. The van der Waals surface area contributed by atoms with Crippen LogP contribution in [0.5, 0.6) is 0 Å². The smallest absolute Gasteiger partial charge is 0.0391 e. The van der Waals surface area contributed by atoms with Crippen molar-refractivity contribution in [2.45, 2.75) is 47.1 Å². The van der Waals surface area contributed by atoms with Crippen LogP contribution >= 0.6 is 0 Å². The topological polar surface area (TPSA) is 29.1 Å². The van der Waals surface area contributed by atoms with Crippen molar-refractivity contribution in [1.29, 1.82) is 0 Å². The summed E-state index contributed by atoms with van der Waals surface area (Å²) in [5, 5.41) is 3.48. The number of hydrogen-bond donors (Lipinski definition) is 1. The maximum Gasteiger partial charge on any atom is 0.0391 e. The van der Waals surface area contributed by atoms with Gasteiger partial charge >= 0.3 is 0 Å². The zero-order valence-electron chi connectivity index (χ0n) is 10.9. The molecule has 0 aliphatic carbocycles. The van der Waals surface area contributed by atoms with E-state index in [2.05, 4.69) is 39.9 Å². The SMILES string of the molecule is CCCNC(CS(=O)CC(C)C)C(C)C. The first-order valence-electron chi connectivity index (χ1n) is 6.05. The summed E-state index contributed by atoms with van der Waals surface area (Å²) in [5.74, 6) is 2.73. The second-order valence-electron chi connectivity index (χ2n) is 4.97. The molecular weight excluding hydrogens is 206 g/mol. The molecule has 2 unspecified atom stereocenters. The highest BCUT2D eigenvalue weighted by Crippen LogP contribution is 2.06. The standard InChI is InChI=1S/C12H27NOS/c1-6-7-13-12(11(4)5)9-15(14)8-10(2)3/h10-13H,6-9H2,1-5H3. The molecule has 0 bridgehead atoms. The minimum absolute atomic E-state index is 0.407. The molecule has 0 spiro atoms. The first kappa shape index (κ1) is 15.1. The van der Waals surface area contributed by atoms with Crippen LogP contribution < -0.4 is 5.32 Å². The van der Waals surface area contributed by atoms with Gasteiger partial charge in [0, 0.05) is 28.3 Å². The third-order valence-corrected chi connectivity index (χ3v) is 4.12. The van der Waals surface area contributed by atoms with E-state index in [0.29, 0.717) is 17.9 Å². The summed E-state index contributed by atoms with van der Waals surface area (Å²) < 4.78 is 11.8. The van der Waals surface area contributed by atoms with Crippen LogP contribution in [0.4, 0.5) is 0 Å². The summed E-state index contributed by atoms with van der Waals surface area (Å²) >= 11 is 0. The molecule has 0 saturated carbocycles. The van der Waals surface area contributed by atoms with E-state index in [1.54, 1.807) is 0 Å². The molecule has 15 heavy (non-hydrogen) atoms. The molecule has 0 saturated heterocycles. The van der Waals surface area contributed by atoms with Gasteiger partial charge in [0.15, 0.2) is 0 Å². The van der Waals surface area contributed by atoms with Crippen molar-refractivity contribution in [2.75, 3.05) is 18.1 Å². The molecule has 0 heterocycles. The van der Waals surface area contributed by atoms with Gasteiger partial charge in [-0.1, -0.05) is 34.6 Å². The Hall–Kier alpha value is 0.110. The highest BCUT2D eigenvalue weighted by atomic mass is 32.2. The van der Waals surface area contributed by atoms with Crippen LogP contribution in [-0.4, -0.2) is 28.3 Å². The molecule has 0 aromatic rings. The lowest BCUT2D eigenvalue weighted by Crippen LogP contribution is -2.39. The van der Waals surface area contributed by atoms with Crippen molar-refractivity contribution in [3.63, 3.8) is 0 Å². The summed E-state index contributed by atoms with van der Waals surface area (Å²) in [6.07, 6.45) is 1.14. The van der Waals surface area contributed by atoms with Gasteiger partial charge in [-0.05, 0) is 24.8 Å². The average Bonchev–Trinajstić information content (AvgIpc) is 2.10. The van der Waals surface area contributed by atoms with Crippen molar-refractivity contribution >= 4 is 10.8 Å². The minimum Gasteiger partial charge on any atom is -0.313 e. The Kier molecular flexibility index (Phi) is 8.34. The summed E-state index contributed by atoms with van der Waals surface area (Å²) in [5.41, 5.74) is 0. The van der Waals surface area contributed by atoms with Gasteiger partial charge in [0.2, 0.25) is 0 Å². The molecule has 0 aliphatic heterocycles. The largest absolute Gasteiger partial charge is 0.313 e. The molecule has 0 radical (unpaired) electrons. The van der Waals surface area contributed by atoms with Crippen molar-refractivity contribution in [2.24, 2.45) is 11.8 Å². The Morgan fingerprint density at radius 2 is 1.73 bits per heavy atom. The monoisotopic (exact) mass is 233 g/mol. The lowest BCUT2D eigenvalue weighted by atomic mass is 10.1. The fourth-order valence-electron chi connectivity index (χ4n) is 1.46. The third-order valence-electron chi connectivity index (χ3n) is 2.35. The predicted octanol–water partition coefficient (Wildman–Crippen LogP) is 2.42. The van der Waals surface area contributed by atoms with Gasteiger partial charge in [-0.2, -0.15) is 0 Å². The zero-order chi connectivity index (χ0) is 11.8. The fourth-order valence-corrected chi connectivity index (χ4v) is 3.24. The first-order chi connectivity index (χ1) is 6.97. The van der Waals surface area contributed by atoms with E-state index in [4.69, 9.17) is 0 Å². The Morgan fingerprint density at radius 1 is 1.13 bits per heavy atom. The minimum atomic E-state index is -0.667. The van der Waals surface area contributed by atoms with Crippen LogP contribution in [0.25, 0.3) is 0 Å².